The number of hydrogen-bond acceptors (Lipinski definition) is 4. The lowest BCUT2D eigenvalue weighted by molar-refractivity contribution is -0.140. The van der Waals surface area contributed by atoms with E-state index in [2.05, 4.69) is 5.32 Å². The van der Waals surface area contributed by atoms with Crippen molar-refractivity contribution in [2.45, 2.75) is 50.2 Å². The van der Waals surface area contributed by atoms with Gasteiger partial charge in [0.05, 0.1) is 20.6 Å². The monoisotopic (exact) mass is 685 g/mol. The molecule has 4 rings (SSSR count). The van der Waals surface area contributed by atoms with E-state index in [1.54, 1.807) is 48.5 Å². The van der Waals surface area contributed by atoms with Crippen molar-refractivity contribution in [2.24, 2.45) is 0 Å². The van der Waals surface area contributed by atoms with Gasteiger partial charge >= 0.3 is 0 Å². The number of amides is 2. The van der Waals surface area contributed by atoms with Gasteiger partial charge in [0.1, 0.15) is 12.6 Å². The average molecular weight is 687 g/mol. The van der Waals surface area contributed by atoms with Gasteiger partial charge in [0.25, 0.3) is 10.0 Å². The average Bonchev–Trinajstić information content (AvgIpc) is 3.04. The topological polar surface area (TPSA) is 86.8 Å². The molecule has 7 nitrogen and oxygen atoms in total. The van der Waals surface area contributed by atoms with E-state index in [0.717, 1.165) is 9.87 Å². The van der Waals surface area contributed by atoms with Crippen molar-refractivity contribution in [1.82, 2.24) is 10.2 Å². The molecule has 0 spiro atoms. The number of benzene rings is 4. The van der Waals surface area contributed by atoms with E-state index in [1.165, 1.54) is 29.2 Å². The van der Waals surface area contributed by atoms with E-state index in [-0.39, 0.29) is 45.5 Å². The summed E-state index contributed by atoms with van der Waals surface area (Å²) in [6.45, 7) is 3.21. The third kappa shape index (κ3) is 8.79. The number of rotatable bonds is 13. The first-order chi connectivity index (χ1) is 21.5. The molecule has 0 aliphatic heterocycles. The van der Waals surface area contributed by atoms with E-state index in [9.17, 15) is 18.0 Å². The zero-order valence-electron chi connectivity index (χ0n) is 24.9. The van der Waals surface area contributed by atoms with Crippen LogP contribution in [0.3, 0.4) is 0 Å². The summed E-state index contributed by atoms with van der Waals surface area (Å²) in [6, 6.07) is 27.5. The lowest BCUT2D eigenvalue weighted by atomic mass is 10.0. The summed E-state index contributed by atoms with van der Waals surface area (Å²) in [6.07, 6.45) is 0.886. The standard InChI is InChI=1S/C34H34Cl3N3O4S/c1-3-24(2)38-34(42)31(21-25-11-6-4-7-12-25)39(22-26-17-19-27(35)20-18-26)32(41)23-40(30-16-10-15-29(36)33(30)37)45(43,44)28-13-8-5-9-14-28/h4-20,24,31H,3,21-23H2,1-2H3,(H,38,42). The summed E-state index contributed by atoms with van der Waals surface area (Å²) in [5, 5.41) is 3.64. The van der Waals surface area contributed by atoms with Crippen molar-refractivity contribution < 1.29 is 18.0 Å². The molecule has 236 valence electrons. The Kier molecular flexibility index (Phi) is 11.9. The van der Waals surface area contributed by atoms with Gasteiger partial charge < -0.3 is 10.2 Å². The van der Waals surface area contributed by atoms with Crippen LogP contribution in [0.25, 0.3) is 0 Å². The maximum absolute atomic E-state index is 14.5. The van der Waals surface area contributed by atoms with E-state index >= 15 is 0 Å². The fraction of sp³-hybridized carbons (Fsp3) is 0.235. The van der Waals surface area contributed by atoms with Crippen LogP contribution in [0.2, 0.25) is 15.1 Å². The van der Waals surface area contributed by atoms with Gasteiger partial charge in [-0.3, -0.25) is 13.9 Å². The number of halogens is 3. The molecule has 4 aromatic rings. The molecule has 2 amide bonds. The van der Waals surface area contributed by atoms with Gasteiger partial charge in [-0.05, 0) is 60.9 Å². The molecule has 0 aliphatic carbocycles. The highest BCUT2D eigenvalue weighted by molar-refractivity contribution is 7.92. The Labute approximate surface area is 279 Å². The molecule has 0 aromatic heterocycles. The van der Waals surface area contributed by atoms with Crippen molar-refractivity contribution in [1.29, 1.82) is 0 Å². The SMILES string of the molecule is CCC(C)NC(=O)C(Cc1ccccc1)N(Cc1ccc(Cl)cc1)C(=O)CN(c1cccc(Cl)c1Cl)S(=O)(=O)c1ccccc1. The Morgan fingerprint density at radius 3 is 2.04 bits per heavy atom. The van der Waals surface area contributed by atoms with Gasteiger partial charge in [0.15, 0.2) is 0 Å². The summed E-state index contributed by atoms with van der Waals surface area (Å²) in [4.78, 5) is 29.8. The molecule has 0 bridgehead atoms. The van der Waals surface area contributed by atoms with Gasteiger partial charge in [0.2, 0.25) is 11.8 Å². The van der Waals surface area contributed by atoms with Gasteiger partial charge in [-0.1, -0.05) is 108 Å². The van der Waals surface area contributed by atoms with Crippen LogP contribution in [0, 0.1) is 0 Å². The molecule has 45 heavy (non-hydrogen) atoms. The second-order valence-electron chi connectivity index (χ2n) is 10.6. The minimum absolute atomic E-state index is 0.0178. The number of nitrogens with zero attached hydrogens (tertiary/aromatic N) is 2. The predicted molar refractivity (Wildman–Crippen MR) is 181 cm³/mol. The summed E-state index contributed by atoms with van der Waals surface area (Å²) >= 11 is 19.0. The molecule has 2 unspecified atom stereocenters. The molecular formula is C34H34Cl3N3O4S. The van der Waals surface area contributed by atoms with Crippen LogP contribution in [0.4, 0.5) is 5.69 Å². The second kappa shape index (κ2) is 15.6. The highest BCUT2D eigenvalue weighted by Gasteiger charge is 2.35. The number of carbonyl (C=O) groups is 2. The largest absolute Gasteiger partial charge is 0.352 e. The number of hydrogen-bond donors (Lipinski definition) is 1. The van der Waals surface area contributed by atoms with Crippen LogP contribution in [0.1, 0.15) is 31.4 Å². The van der Waals surface area contributed by atoms with Crippen LogP contribution < -0.4 is 9.62 Å². The molecule has 0 heterocycles. The maximum Gasteiger partial charge on any atom is 0.264 e. The molecule has 0 aliphatic rings. The Morgan fingerprint density at radius 1 is 0.800 bits per heavy atom. The Bertz CT molecular complexity index is 1710. The van der Waals surface area contributed by atoms with Gasteiger partial charge in [0, 0.05) is 24.0 Å². The van der Waals surface area contributed by atoms with Crippen molar-refractivity contribution in [3.05, 3.63) is 129 Å². The highest BCUT2D eigenvalue weighted by Crippen LogP contribution is 2.35. The molecule has 4 aromatic carbocycles. The number of carbonyl (C=O) groups excluding carboxylic acids is 2. The van der Waals surface area contributed by atoms with Crippen molar-refractivity contribution in [3.63, 3.8) is 0 Å². The number of sulfonamides is 1. The Hall–Kier alpha value is -3.56. The van der Waals surface area contributed by atoms with Gasteiger partial charge in [-0.15, -0.1) is 0 Å². The van der Waals surface area contributed by atoms with Gasteiger partial charge in [-0.25, -0.2) is 8.42 Å². The zero-order chi connectivity index (χ0) is 32.6. The quantitative estimate of drug-likeness (QED) is 0.159. The summed E-state index contributed by atoms with van der Waals surface area (Å²) < 4.78 is 29.1. The molecular weight excluding hydrogens is 653 g/mol. The van der Waals surface area contributed by atoms with Crippen LogP contribution in [-0.2, 0) is 32.6 Å². The molecule has 2 atom stereocenters. The van der Waals surface area contributed by atoms with Crippen molar-refractivity contribution in [3.8, 4) is 0 Å². The second-order valence-corrected chi connectivity index (χ2v) is 13.7. The van der Waals surface area contributed by atoms with Crippen LogP contribution >= 0.6 is 34.8 Å². The predicted octanol–water partition coefficient (Wildman–Crippen LogP) is 7.40. The summed E-state index contributed by atoms with van der Waals surface area (Å²) in [5.41, 5.74) is 1.58. The molecule has 0 radical (unpaired) electrons. The smallest absolute Gasteiger partial charge is 0.264 e. The van der Waals surface area contributed by atoms with Crippen LogP contribution in [0.15, 0.2) is 108 Å². The van der Waals surface area contributed by atoms with Crippen LogP contribution in [0.5, 0.6) is 0 Å². The summed E-state index contributed by atoms with van der Waals surface area (Å²) in [7, 11) is -4.30. The zero-order valence-corrected chi connectivity index (χ0v) is 28.0. The minimum Gasteiger partial charge on any atom is -0.352 e. The number of anilines is 1. The molecule has 0 saturated heterocycles. The third-order valence-corrected chi connectivity index (χ3v) is 10.2. The minimum atomic E-state index is -4.30. The molecule has 11 heteroatoms. The van der Waals surface area contributed by atoms with E-state index in [1.807, 2.05) is 44.2 Å². The van der Waals surface area contributed by atoms with E-state index < -0.39 is 28.5 Å². The fourth-order valence-corrected chi connectivity index (χ4v) is 6.72. The van der Waals surface area contributed by atoms with Gasteiger partial charge in [-0.2, -0.15) is 0 Å². The fourth-order valence-electron chi connectivity index (χ4n) is 4.70. The molecule has 1 N–H and O–H groups in total. The summed E-state index contributed by atoms with van der Waals surface area (Å²) in [5.74, 6) is -0.963. The highest BCUT2D eigenvalue weighted by atomic mass is 35.5. The third-order valence-electron chi connectivity index (χ3n) is 7.35. The first kappa shape index (κ1) is 34.3. The first-order valence-corrected chi connectivity index (χ1v) is 17.0. The normalized spacial score (nSPS) is 12.6. The Balaban J connectivity index is 1.83. The van der Waals surface area contributed by atoms with Crippen molar-refractivity contribution >= 4 is 62.3 Å². The van der Waals surface area contributed by atoms with E-state index in [4.69, 9.17) is 34.8 Å². The molecule has 0 fully saturated rings. The maximum atomic E-state index is 14.5. The van der Waals surface area contributed by atoms with Crippen LogP contribution in [-0.4, -0.2) is 43.8 Å². The lowest BCUT2D eigenvalue weighted by Gasteiger charge is -2.34. The lowest BCUT2D eigenvalue weighted by Crippen LogP contribution is -2.54. The first-order valence-electron chi connectivity index (χ1n) is 14.4. The van der Waals surface area contributed by atoms with Crippen molar-refractivity contribution in [2.75, 3.05) is 10.8 Å². The molecule has 0 saturated carbocycles. The Morgan fingerprint density at radius 2 is 1.42 bits per heavy atom. The number of nitrogens with one attached hydrogen (secondary N) is 1. The van der Waals surface area contributed by atoms with E-state index in [0.29, 0.717) is 17.0 Å².